The highest BCUT2D eigenvalue weighted by Gasteiger charge is 2.14. The van der Waals surface area contributed by atoms with Gasteiger partial charge < -0.3 is 11.5 Å². The fraction of sp³-hybridized carbons (Fsp3) is 0.250. The van der Waals surface area contributed by atoms with Crippen LogP contribution < -0.4 is 11.5 Å². The number of sulfone groups is 1. The lowest BCUT2D eigenvalue weighted by Crippen LogP contribution is -2.16. The third-order valence-electron chi connectivity index (χ3n) is 3.57. The van der Waals surface area contributed by atoms with E-state index in [2.05, 4.69) is 0 Å². The molecule has 0 amide bonds. The summed E-state index contributed by atoms with van der Waals surface area (Å²) in [5, 5.41) is 1.08. The van der Waals surface area contributed by atoms with Gasteiger partial charge in [0.15, 0.2) is 9.84 Å². The summed E-state index contributed by atoms with van der Waals surface area (Å²) in [5.41, 5.74) is 14.2. The van der Waals surface area contributed by atoms with E-state index in [0.717, 1.165) is 11.1 Å². The van der Waals surface area contributed by atoms with Gasteiger partial charge in [-0.25, -0.2) is 8.42 Å². The molecule has 0 fully saturated rings. The minimum atomic E-state index is -3.23. The minimum absolute atomic E-state index is 0.0119. The summed E-state index contributed by atoms with van der Waals surface area (Å²) < 4.78 is 24.4. The minimum Gasteiger partial charge on any atom is -0.399 e. The molecule has 0 atom stereocenters. The van der Waals surface area contributed by atoms with E-state index in [1.54, 1.807) is 36.4 Å². The first kappa shape index (κ1) is 17.9. The molecular weight excluding hydrogens is 355 g/mol. The van der Waals surface area contributed by atoms with Crippen molar-refractivity contribution < 1.29 is 8.42 Å². The van der Waals surface area contributed by atoms with Crippen LogP contribution in [0.1, 0.15) is 11.1 Å². The van der Waals surface area contributed by atoms with Crippen molar-refractivity contribution >= 4 is 44.4 Å². The molecule has 23 heavy (non-hydrogen) atoms. The summed E-state index contributed by atoms with van der Waals surface area (Å²) >= 11 is 11.8. The molecule has 0 saturated carbocycles. The van der Waals surface area contributed by atoms with Crippen LogP contribution in [0.2, 0.25) is 10.0 Å². The van der Waals surface area contributed by atoms with E-state index in [1.807, 2.05) is 0 Å². The maximum Gasteiger partial charge on any atom is 0.150 e. The smallest absolute Gasteiger partial charge is 0.150 e. The number of hydrogen-bond acceptors (Lipinski definition) is 4. The molecule has 0 aromatic heterocycles. The van der Waals surface area contributed by atoms with Gasteiger partial charge in [-0.3, -0.25) is 0 Å². The van der Waals surface area contributed by atoms with Crippen LogP contribution in [-0.4, -0.2) is 19.9 Å². The molecule has 0 aliphatic heterocycles. The highest BCUT2D eigenvalue weighted by atomic mass is 35.5. The van der Waals surface area contributed by atoms with Crippen LogP contribution in [0.25, 0.3) is 0 Å². The summed E-state index contributed by atoms with van der Waals surface area (Å²) in [7, 11) is -3.23. The Hall–Kier alpha value is -1.43. The number of nitrogens with two attached hydrogens (primary N) is 2. The molecule has 0 spiro atoms. The van der Waals surface area contributed by atoms with E-state index in [1.165, 1.54) is 0 Å². The standard InChI is InChI=1S/C16H18Cl2N2O2S/c17-13-1-3-15(19)11(9-13)5-7-23(21,22)8-6-12-10-14(18)2-4-16(12)20/h1-4,9-10H,5-8,19-20H2. The third-order valence-corrected chi connectivity index (χ3v) is 5.70. The molecule has 124 valence electrons. The monoisotopic (exact) mass is 372 g/mol. The first-order chi connectivity index (χ1) is 10.8. The number of anilines is 2. The van der Waals surface area contributed by atoms with Crippen LogP contribution >= 0.6 is 23.2 Å². The van der Waals surface area contributed by atoms with Crippen molar-refractivity contribution in [1.82, 2.24) is 0 Å². The van der Waals surface area contributed by atoms with Crippen molar-refractivity contribution in [3.05, 3.63) is 57.6 Å². The molecule has 0 bridgehead atoms. The Morgan fingerprint density at radius 2 is 1.17 bits per heavy atom. The largest absolute Gasteiger partial charge is 0.399 e. The van der Waals surface area contributed by atoms with Crippen molar-refractivity contribution in [2.75, 3.05) is 23.0 Å². The van der Waals surface area contributed by atoms with E-state index < -0.39 is 9.84 Å². The Morgan fingerprint density at radius 1 is 0.783 bits per heavy atom. The highest BCUT2D eigenvalue weighted by molar-refractivity contribution is 7.91. The molecule has 4 nitrogen and oxygen atoms in total. The SMILES string of the molecule is Nc1ccc(Cl)cc1CCS(=O)(=O)CCc1cc(Cl)ccc1N. The van der Waals surface area contributed by atoms with Crippen LogP contribution in [-0.2, 0) is 22.7 Å². The number of hydrogen-bond donors (Lipinski definition) is 2. The molecule has 0 saturated heterocycles. The van der Waals surface area contributed by atoms with Gasteiger partial charge in [0.1, 0.15) is 0 Å². The Bertz CT molecular complexity index is 746. The first-order valence-corrected chi connectivity index (χ1v) is 9.63. The summed E-state index contributed by atoms with van der Waals surface area (Å²) in [4.78, 5) is 0. The summed E-state index contributed by atoms with van der Waals surface area (Å²) in [6.45, 7) is 0. The predicted molar refractivity (Wildman–Crippen MR) is 97.8 cm³/mol. The molecule has 7 heteroatoms. The maximum atomic E-state index is 12.2. The molecule has 4 N–H and O–H groups in total. The van der Waals surface area contributed by atoms with Crippen LogP contribution in [0, 0.1) is 0 Å². The zero-order chi connectivity index (χ0) is 17.0. The average Bonchev–Trinajstić information content (AvgIpc) is 2.49. The Balaban J connectivity index is 1.99. The third kappa shape index (κ3) is 5.30. The Labute approximate surface area is 146 Å². The molecule has 2 aromatic carbocycles. The maximum absolute atomic E-state index is 12.2. The van der Waals surface area contributed by atoms with Gasteiger partial charge in [-0.2, -0.15) is 0 Å². The number of halogens is 2. The fourth-order valence-electron chi connectivity index (χ4n) is 2.21. The van der Waals surface area contributed by atoms with E-state index in [-0.39, 0.29) is 11.5 Å². The van der Waals surface area contributed by atoms with E-state index in [9.17, 15) is 8.42 Å². The molecule has 2 aromatic rings. The molecule has 0 aliphatic carbocycles. The highest BCUT2D eigenvalue weighted by Crippen LogP contribution is 2.21. The van der Waals surface area contributed by atoms with Gasteiger partial charge in [-0.15, -0.1) is 0 Å². The Kier molecular flexibility index (Phi) is 5.79. The number of aryl methyl sites for hydroxylation is 2. The predicted octanol–water partition coefficient (Wildman–Crippen LogP) is 3.36. The number of nitrogen functional groups attached to an aromatic ring is 2. The van der Waals surface area contributed by atoms with Crippen LogP contribution in [0.15, 0.2) is 36.4 Å². The quantitative estimate of drug-likeness (QED) is 0.761. The molecular formula is C16H18Cl2N2O2S. The molecule has 0 heterocycles. The van der Waals surface area contributed by atoms with Gasteiger partial charge in [-0.1, -0.05) is 23.2 Å². The first-order valence-electron chi connectivity index (χ1n) is 7.05. The molecule has 0 unspecified atom stereocenters. The second kappa shape index (κ2) is 7.43. The van der Waals surface area contributed by atoms with Gasteiger partial charge in [0.25, 0.3) is 0 Å². The van der Waals surface area contributed by atoms with Crippen LogP contribution in [0.3, 0.4) is 0 Å². The number of benzene rings is 2. The van der Waals surface area contributed by atoms with E-state index in [4.69, 9.17) is 34.7 Å². The zero-order valence-corrected chi connectivity index (χ0v) is 14.8. The summed E-state index contributed by atoms with van der Waals surface area (Å²) in [6.07, 6.45) is 0.666. The molecule has 2 rings (SSSR count). The van der Waals surface area contributed by atoms with Crippen molar-refractivity contribution in [1.29, 1.82) is 0 Å². The van der Waals surface area contributed by atoms with E-state index >= 15 is 0 Å². The molecule has 0 aliphatic rings. The molecule has 0 radical (unpaired) electrons. The second-order valence-corrected chi connectivity index (χ2v) is 8.51. The summed E-state index contributed by atoms with van der Waals surface area (Å²) in [6, 6.07) is 10.1. The fourth-order valence-corrected chi connectivity index (χ4v) is 3.87. The summed E-state index contributed by atoms with van der Waals surface area (Å²) in [5.74, 6) is 0.0238. The van der Waals surface area contributed by atoms with Crippen molar-refractivity contribution in [2.24, 2.45) is 0 Å². The zero-order valence-electron chi connectivity index (χ0n) is 12.4. The normalized spacial score (nSPS) is 11.6. The van der Waals surface area contributed by atoms with Crippen molar-refractivity contribution in [3.63, 3.8) is 0 Å². The lowest BCUT2D eigenvalue weighted by Gasteiger charge is -2.09. The lowest BCUT2D eigenvalue weighted by molar-refractivity contribution is 0.594. The van der Waals surface area contributed by atoms with Crippen LogP contribution in [0.5, 0.6) is 0 Å². The average molecular weight is 373 g/mol. The van der Waals surface area contributed by atoms with Crippen molar-refractivity contribution in [3.8, 4) is 0 Å². The topological polar surface area (TPSA) is 86.2 Å². The van der Waals surface area contributed by atoms with Gasteiger partial charge in [0.05, 0.1) is 11.5 Å². The second-order valence-electron chi connectivity index (χ2n) is 5.34. The van der Waals surface area contributed by atoms with E-state index in [0.29, 0.717) is 34.3 Å². The lowest BCUT2D eigenvalue weighted by atomic mass is 10.1. The van der Waals surface area contributed by atoms with Crippen molar-refractivity contribution in [2.45, 2.75) is 12.8 Å². The van der Waals surface area contributed by atoms with Gasteiger partial charge in [0, 0.05) is 21.4 Å². The van der Waals surface area contributed by atoms with Gasteiger partial charge in [-0.05, 0) is 60.4 Å². The van der Waals surface area contributed by atoms with Gasteiger partial charge in [0.2, 0.25) is 0 Å². The van der Waals surface area contributed by atoms with Crippen LogP contribution in [0.4, 0.5) is 11.4 Å². The van der Waals surface area contributed by atoms with Gasteiger partial charge >= 0.3 is 0 Å². The Morgan fingerprint density at radius 3 is 1.57 bits per heavy atom. The number of rotatable bonds is 6.